The Balaban J connectivity index is 2.71. The number of amidine groups is 1. The molecule has 0 saturated heterocycles. The highest BCUT2D eigenvalue weighted by Crippen LogP contribution is 2.07. The number of hydrogen-bond donors (Lipinski definition) is 1. The van der Waals surface area contributed by atoms with Gasteiger partial charge in [0.15, 0.2) is 5.84 Å². The van der Waals surface area contributed by atoms with Crippen molar-refractivity contribution in [2.75, 3.05) is 25.0 Å². The molecule has 0 unspecified atom stereocenters. The molecule has 0 radical (unpaired) electrons. The summed E-state index contributed by atoms with van der Waals surface area (Å²) in [6, 6.07) is 0. The molecular formula is C9H16BrFN4O. The van der Waals surface area contributed by atoms with Crippen LogP contribution in [0.5, 0.6) is 0 Å². The number of ether oxygens (including phenoxy) is 1. The van der Waals surface area contributed by atoms with Crippen LogP contribution in [0.3, 0.4) is 0 Å². The van der Waals surface area contributed by atoms with Crippen molar-refractivity contribution in [1.82, 2.24) is 15.7 Å². The van der Waals surface area contributed by atoms with Crippen LogP contribution in [0.2, 0.25) is 0 Å². The molecule has 16 heavy (non-hydrogen) atoms. The van der Waals surface area contributed by atoms with Gasteiger partial charge in [-0.15, -0.1) is 5.10 Å². The minimum atomic E-state index is 0.164. The predicted octanol–water partition coefficient (Wildman–Crippen LogP) is 1.60. The molecule has 0 atom stereocenters. The monoisotopic (exact) mass is 294 g/mol. The zero-order valence-electron chi connectivity index (χ0n) is 9.41. The number of nitrogens with zero attached hydrogens (tertiary/aromatic N) is 3. The van der Waals surface area contributed by atoms with Crippen LogP contribution in [-0.2, 0) is 4.74 Å². The molecule has 1 aliphatic rings. The van der Waals surface area contributed by atoms with Gasteiger partial charge in [0.05, 0.1) is 6.61 Å². The van der Waals surface area contributed by atoms with Crippen molar-refractivity contribution in [2.45, 2.75) is 13.8 Å². The van der Waals surface area contributed by atoms with Crippen LogP contribution >= 0.6 is 15.9 Å². The zero-order valence-corrected chi connectivity index (χ0v) is 11.0. The molecule has 92 valence electrons. The topological polar surface area (TPSA) is 40.1 Å². The normalized spacial score (nSPS) is 15.1. The van der Waals surface area contributed by atoms with Gasteiger partial charge in [0.2, 0.25) is 5.88 Å². The van der Waals surface area contributed by atoms with E-state index in [1.165, 1.54) is 0 Å². The Morgan fingerprint density at radius 3 is 2.81 bits per heavy atom. The Hall–Kier alpha value is -0.980. The Bertz CT molecular complexity index is 281. The summed E-state index contributed by atoms with van der Waals surface area (Å²) in [6.45, 7) is 5.99. The standard InChI is InChI=1S/C9H16BrFN4O/c1-3-14(4-2)8-7-9(16-6-5-10)13-15(11)12-8/h7,13H,3-6H2,1-2H3. The van der Waals surface area contributed by atoms with E-state index in [0.29, 0.717) is 23.7 Å². The van der Waals surface area contributed by atoms with Crippen LogP contribution in [0.4, 0.5) is 4.48 Å². The van der Waals surface area contributed by atoms with Crippen molar-refractivity contribution in [3.8, 4) is 0 Å². The van der Waals surface area contributed by atoms with Crippen LogP contribution in [0, 0.1) is 0 Å². The van der Waals surface area contributed by atoms with Crippen molar-refractivity contribution in [2.24, 2.45) is 5.10 Å². The van der Waals surface area contributed by atoms with E-state index in [1.807, 2.05) is 18.7 Å². The molecule has 0 aromatic rings. The van der Waals surface area contributed by atoms with E-state index < -0.39 is 0 Å². The van der Waals surface area contributed by atoms with Crippen molar-refractivity contribution >= 4 is 21.8 Å². The Morgan fingerprint density at radius 2 is 2.25 bits per heavy atom. The number of halogens is 2. The lowest BCUT2D eigenvalue weighted by Crippen LogP contribution is -2.39. The number of alkyl halides is 1. The maximum Gasteiger partial charge on any atom is 0.213 e. The molecule has 0 spiro atoms. The first-order valence-electron chi connectivity index (χ1n) is 5.17. The maximum atomic E-state index is 13.1. The average molecular weight is 295 g/mol. The molecule has 5 nitrogen and oxygen atoms in total. The third-order valence-corrected chi connectivity index (χ3v) is 2.40. The van der Waals surface area contributed by atoms with Crippen molar-refractivity contribution < 1.29 is 9.22 Å². The SMILES string of the molecule is CCN(CC)C1=NN(F)NC(OCCBr)=C1. The largest absolute Gasteiger partial charge is 0.477 e. The molecular weight excluding hydrogens is 279 g/mol. The smallest absolute Gasteiger partial charge is 0.213 e. The summed E-state index contributed by atoms with van der Waals surface area (Å²) in [5.41, 5.74) is 2.35. The molecule has 0 aromatic heterocycles. The number of hydrazine groups is 1. The van der Waals surface area contributed by atoms with Gasteiger partial charge in [-0.3, -0.25) is 0 Å². The van der Waals surface area contributed by atoms with Gasteiger partial charge in [-0.1, -0.05) is 20.4 Å². The minimum Gasteiger partial charge on any atom is -0.477 e. The highest BCUT2D eigenvalue weighted by Gasteiger charge is 2.16. The molecule has 1 heterocycles. The molecule has 0 aromatic carbocycles. The average Bonchev–Trinajstić information content (AvgIpc) is 2.27. The highest BCUT2D eigenvalue weighted by molar-refractivity contribution is 9.09. The van der Waals surface area contributed by atoms with E-state index in [9.17, 15) is 4.48 Å². The molecule has 1 N–H and O–H groups in total. The number of hydrazone groups is 1. The fourth-order valence-corrected chi connectivity index (χ4v) is 1.47. The van der Waals surface area contributed by atoms with Gasteiger partial charge in [-0.05, 0) is 19.2 Å². The van der Waals surface area contributed by atoms with Gasteiger partial charge in [0, 0.05) is 24.5 Å². The molecule has 0 saturated carbocycles. The summed E-state index contributed by atoms with van der Waals surface area (Å²) in [4.78, 5) is 1.94. The first-order chi connectivity index (χ1) is 7.71. The predicted molar refractivity (Wildman–Crippen MR) is 64.3 cm³/mol. The van der Waals surface area contributed by atoms with Crippen molar-refractivity contribution in [3.05, 3.63) is 12.0 Å². The number of rotatable bonds is 5. The van der Waals surface area contributed by atoms with Crippen LogP contribution in [0.15, 0.2) is 17.1 Å². The first kappa shape index (κ1) is 13.1. The maximum absolute atomic E-state index is 13.1. The summed E-state index contributed by atoms with van der Waals surface area (Å²) < 4.78 is 18.4. The summed E-state index contributed by atoms with van der Waals surface area (Å²) in [5, 5.41) is 4.57. The molecule has 0 bridgehead atoms. The van der Waals surface area contributed by atoms with Gasteiger partial charge >= 0.3 is 0 Å². The van der Waals surface area contributed by atoms with Crippen molar-refractivity contribution in [1.29, 1.82) is 0 Å². The third-order valence-electron chi connectivity index (χ3n) is 2.08. The van der Waals surface area contributed by atoms with Gasteiger partial charge in [0.1, 0.15) is 0 Å². The lowest BCUT2D eigenvalue weighted by atomic mass is 10.4. The second kappa shape index (κ2) is 6.57. The Labute approximate surface area is 103 Å². The molecule has 0 fully saturated rings. The second-order valence-corrected chi connectivity index (χ2v) is 3.84. The minimum absolute atomic E-state index is 0.164. The van der Waals surface area contributed by atoms with E-state index in [1.54, 1.807) is 6.08 Å². The van der Waals surface area contributed by atoms with E-state index in [0.717, 1.165) is 13.1 Å². The Morgan fingerprint density at radius 1 is 1.56 bits per heavy atom. The van der Waals surface area contributed by atoms with Gasteiger partial charge in [-0.2, -0.15) is 0 Å². The van der Waals surface area contributed by atoms with Gasteiger partial charge in [-0.25, -0.2) is 5.43 Å². The second-order valence-electron chi connectivity index (χ2n) is 3.05. The Kier molecular flexibility index (Phi) is 5.37. The fourth-order valence-electron chi connectivity index (χ4n) is 1.31. The van der Waals surface area contributed by atoms with Gasteiger partial charge < -0.3 is 9.64 Å². The van der Waals surface area contributed by atoms with Crippen LogP contribution in [-0.4, -0.2) is 41.1 Å². The lowest BCUT2D eigenvalue weighted by Gasteiger charge is -2.26. The van der Waals surface area contributed by atoms with Gasteiger partial charge in [0.25, 0.3) is 0 Å². The summed E-state index contributed by atoms with van der Waals surface area (Å²) in [6.07, 6.45) is 1.69. The van der Waals surface area contributed by atoms with Crippen LogP contribution in [0.25, 0.3) is 0 Å². The third kappa shape index (κ3) is 3.55. The molecule has 7 heteroatoms. The summed E-state index contributed by atoms with van der Waals surface area (Å²) in [5.74, 6) is 0.912. The lowest BCUT2D eigenvalue weighted by molar-refractivity contribution is -0.0440. The van der Waals surface area contributed by atoms with E-state index in [2.05, 4.69) is 26.5 Å². The number of likely N-dealkylation sites (N-methyl/N-ethyl adjacent to an activating group) is 1. The molecule has 0 amide bonds. The molecule has 1 rings (SSSR count). The van der Waals surface area contributed by atoms with E-state index >= 15 is 0 Å². The van der Waals surface area contributed by atoms with E-state index in [-0.39, 0.29) is 5.34 Å². The molecule has 1 aliphatic heterocycles. The highest BCUT2D eigenvalue weighted by atomic mass is 79.9. The zero-order chi connectivity index (χ0) is 12.0. The van der Waals surface area contributed by atoms with Crippen LogP contribution in [0.1, 0.15) is 13.8 Å². The first-order valence-corrected chi connectivity index (χ1v) is 6.30. The summed E-state index contributed by atoms with van der Waals surface area (Å²) in [7, 11) is 0. The van der Waals surface area contributed by atoms with Crippen molar-refractivity contribution in [3.63, 3.8) is 0 Å². The fraction of sp³-hybridized carbons (Fsp3) is 0.667. The quantitative estimate of drug-likeness (QED) is 0.618. The number of hydrogen-bond acceptors (Lipinski definition) is 5. The number of nitrogens with one attached hydrogen (secondary N) is 1. The summed E-state index contributed by atoms with van der Waals surface area (Å²) >= 11 is 3.23. The van der Waals surface area contributed by atoms with E-state index in [4.69, 9.17) is 4.74 Å². The molecule has 0 aliphatic carbocycles. The van der Waals surface area contributed by atoms with Crippen LogP contribution < -0.4 is 5.43 Å².